The molecule has 0 saturated heterocycles. The first-order chi connectivity index (χ1) is 13.1. The van der Waals surface area contributed by atoms with Gasteiger partial charge in [-0.3, -0.25) is 0 Å². The van der Waals surface area contributed by atoms with Crippen molar-refractivity contribution in [3.63, 3.8) is 0 Å². The Balaban J connectivity index is 0.00000225. The molecule has 0 amide bonds. The second-order valence-corrected chi connectivity index (χ2v) is 7.93. The highest BCUT2D eigenvalue weighted by molar-refractivity contribution is 7.09. The van der Waals surface area contributed by atoms with Crippen molar-refractivity contribution in [2.24, 2.45) is 5.73 Å². The molecular weight excluding hydrogens is 396 g/mol. The molecule has 0 atom stereocenters. The van der Waals surface area contributed by atoms with Crippen molar-refractivity contribution in [3.8, 4) is 5.75 Å². The van der Waals surface area contributed by atoms with E-state index in [9.17, 15) is 0 Å². The predicted molar refractivity (Wildman–Crippen MR) is 112 cm³/mol. The zero-order chi connectivity index (χ0) is 18.7. The van der Waals surface area contributed by atoms with Crippen LogP contribution in [0.3, 0.4) is 0 Å². The van der Waals surface area contributed by atoms with Crippen molar-refractivity contribution in [2.45, 2.75) is 44.8 Å². The molecule has 6 nitrogen and oxygen atoms in total. The Morgan fingerprint density at radius 3 is 2.61 bits per heavy atom. The van der Waals surface area contributed by atoms with E-state index in [1.165, 1.54) is 0 Å². The summed E-state index contributed by atoms with van der Waals surface area (Å²) >= 11 is 1.63. The molecule has 28 heavy (non-hydrogen) atoms. The SMILES string of the molecule is Cc1nc(COc2ccc(/C=C/c3nc(C4(N)CCCC4)no3)cc2)cs1.Cl. The Bertz CT molecular complexity index is 930. The highest BCUT2D eigenvalue weighted by Crippen LogP contribution is 2.34. The summed E-state index contributed by atoms with van der Waals surface area (Å²) in [5, 5.41) is 7.13. The molecular formula is C20H23ClN4O2S. The Morgan fingerprint density at radius 1 is 1.18 bits per heavy atom. The molecule has 0 radical (unpaired) electrons. The molecule has 0 unspecified atom stereocenters. The summed E-state index contributed by atoms with van der Waals surface area (Å²) in [5.74, 6) is 1.89. The van der Waals surface area contributed by atoms with Gasteiger partial charge in [-0.15, -0.1) is 23.7 Å². The monoisotopic (exact) mass is 418 g/mol. The number of aryl methyl sites for hydroxylation is 1. The average molecular weight is 419 g/mol. The van der Waals surface area contributed by atoms with Crippen molar-refractivity contribution in [3.05, 3.63) is 57.6 Å². The summed E-state index contributed by atoms with van der Waals surface area (Å²) in [6, 6.07) is 7.84. The predicted octanol–water partition coefficient (Wildman–Crippen LogP) is 4.73. The van der Waals surface area contributed by atoms with E-state index in [4.69, 9.17) is 15.0 Å². The van der Waals surface area contributed by atoms with Gasteiger partial charge in [0.1, 0.15) is 12.4 Å². The highest BCUT2D eigenvalue weighted by Gasteiger charge is 2.35. The van der Waals surface area contributed by atoms with Crippen LogP contribution in [0.5, 0.6) is 5.75 Å². The van der Waals surface area contributed by atoms with Crippen LogP contribution >= 0.6 is 23.7 Å². The number of nitrogens with two attached hydrogens (primary N) is 1. The number of nitrogens with zero attached hydrogens (tertiary/aromatic N) is 3. The normalized spacial score (nSPS) is 15.6. The van der Waals surface area contributed by atoms with Gasteiger partial charge in [0.2, 0.25) is 0 Å². The van der Waals surface area contributed by atoms with Crippen LogP contribution < -0.4 is 10.5 Å². The van der Waals surface area contributed by atoms with Gasteiger partial charge in [0.05, 0.1) is 16.2 Å². The van der Waals surface area contributed by atoms with Crippen LogP contribution in [-0.4, -0.2) is 15.1 Å². The van der Waals surface area contributed by atoms with E-state index in [1.54, 1.807) is 11.3 Å². The van der Waals surface area contributed by atoms with Gasteiger partial charge in [0.15, 0.2) is 5.82 Å². The lowest BCUT2D eigenvalue weighted by atomic mass is 9.99. The summed E-state index contributed by atoms with van der Waals surface area (Å²) in [4.78, 5) is 8.83. The molecule has 2 aromatic heterocycles. The van der Waals surface area contributed by atoms with Gasteiger partial charge in [0, 0.05) is 11.5 Å². The van der Waals surface area contributed by atoms with Crippen LogP contribution in [-0.2, 0) is 12.1 Å². The standard InChI is InChI=1S/C20H22N4O2S.ClH/c1-14-22-16(13-27-14)12-25-17-7-4-15(5-8-17)6-9-18-23-19(24-26-18)20(21)10-2-3-11-20;/h4-9,13H,2-3,10-12,21H2,1H3;1H/b9-6+;. The van der Waals surface area contributed by atoms with Gasteiger partial charge < -0.3 is 15.0 Å². The third-order valence-corrected chi connectivity index (χ3v) is 5.56. The quantitative estimate of drug-likeness (QED) is 0.622. The Morgan fingerprint density at radius 2 is 1.93 bits per heavy atom. The molecule has 1 aromatic carbocycles. The van der Waals surface area contributed by atoms with Crippen molar-refractivity contribution < 1.29 is 9.26 Å². The fourth-order valence-electron chi connectivity index (χ4n) is 3.21. The minimum absolute atomic E-state index is 0. The van der Waals surface area contributed by atoms with E-state index in [2.05, 4.69) is 15.1 Å². The first-order valence-electron chi connectivity index (χ1n) is 9.06. The molecule has 8 heteroatoms. The van der Waals surface area contributed by atoms with Gasteiger partial charge in [-0.2, -0.15) is 4.98 Å². The zero-order valence-electron chi connectivity index (χ0n) is 15.6. The van der Waals surface area contributed by atoms with E-state index < -0.39 is 5.54 Å². The number of ether oxygens (including phenoxy) is 1. The van der Waals surface area contributed by atoms with Crippen LogP contribution in [0.15, 0.2) is 34.2 Å². The first-order valence-corrected chi connectivity index (χ1v) is 9.94. The Labute approximate surface area is 174 Å². The third-order valence-electron chi connectivity index (χ3n) is 4.73. The van der Waals surface area contributed by atoms with E-state index in [0.717, 1.165) is 47.7 Å². The van der Waals surface area contributed by atoms with Crippen LogP contribution in [0.1, 0.15) is 53.7 Å². The number of hydrogen-bond donors (Lipinski definition) is 1. The van der Waals surface area contributed by atoms with E-state index in [1.807, 2.05) is 48.7 Å². The van der Waals surface area contributed by atoms with Gasteiger partial charge >= 0.3 is 0 Å². The highest BCUT2D eigenvalue weighted by atomic mass is 35.5. The fraction of sp³-hybridized carbons (Fsp3) is 0.350. The van der Waals surface area contributed by atoms with Crippen molar-refractivity contribution in [1.29, 1.82) is 0 Å². The van der Waals surface area contributed by atoms with Crippen molar-refractivity contribution in [2.75, 3.05) is 0 Å². The third kappa shape index (κ3) is 4.79. The molecule has 1 saturated carbocycles. The van der Waals surface area contributed by atoms with Gasteiger partial charge in [0.25, 0.3) is 5.89 Å². The lowest BCUT2D eigenvalue weighted by Gasteiger charge is -2.17. The Hall–Kier alpha value is -2.22. The number of halogens is 1. The first kappa shape index (κ1) is 20.5. The number of benzene rings is 1. The molecule has 0 aliphatic heterocycles. The fourth-order valence-corrected chi connectivity index (χ4v) is 3.81. The maximum absolute atomic E-state index is 6.36. The van der Waals surface area contributed by atoms with Gasteiger partial charge in [-0.05, 0) is 43.5 Å². The lowest BCUT2D eigenvalue weighted by molar-refractivity contribution is 0.302. The van der Waals surface area contributed by atoms with E-state index in [-0.39, 0.29) is 12.4 Å². The summed E-state index contributed by atoms with van der Waals surface area (Å²) < 4.78 is 11.1. The molecule has 0 bridgehead atoms. The summed E-state index contributed by atoms with van der Waals surface area (Å²) in [5.41, 5.74) is 7.91. The minimum Gasteiger partial charge on any atom is -0.487 e. The van der Waals surface area contributed by atoms with Crippen LogP contribution in [0.25, 0.3) is 12.2 Å². The van der Waals surface area contributed by atoms with Crippen LogP contribution in [0.2, 0.25) is 0 Å². The number of hydrogen-bond acceptors (Lipinski definition) is 7. The average Bonchev–Trinajstić information content (AvgIpc) is 3.41. The molecule has 2 N–H and O–H groups in total. The van der Waals surface area contributed by atoms with Gasteiger partial charge in [-0.25, -0.2) is 4.98 Å². The molecule has 148 valence electrons. The van der Waals surface area contributed by atoms with E-state index in [0.29, 0.717) is 18.3 Å². The zero-order valence-corrected chi connectivity index (χ0v) is 17.3. The van der Waals surface area contributed by atoms with E-state index >= 15 is 0 Å². The summed E-state index contributed by atoms with van der Waals surface area (Å²) in [6.07, 6.45) is 7.81. The molecule has 4 rings (SSSR count). The molecule has 1 aliphatic rings. The minimum atomic E-state index is -0.426. The van der Waals surface area contributed by atoms with Crippen molar-refractivity contribution in [1.82, 2.24) is 15.1 Å². The second-order valence-electron chi connectivity index (χ2n) is 6.87. The topological polar surface area (TPSA) is 87.1 Å². The number of aromatic nitrogens is 3. The smallest absolute Gasteiger partial charge is 0.250 e. The number of rotatable bonds is 6. The molecule has 0 spiro atoms. The molecule has 1 fully saturated rings. The molecule has 1 aliphatic carbocycles. The molecule has 3 aromatic rings. The Kier molecular flexibility index (Phi) is 6.49. The van der Waals surface area contributed by atoms with Crippen LogP contribution in [0.4, 0.5) is 0 Å². The van der Waals surface area contributed by atoms with Crippen molar-refractivity contribution >= 4 is 35.9 Å². The lowest BCUT2D eigenvalue weighted by Crippen LogP contribution is -2.34. The van der Waals surface area contributed by atoms with Crippen LogP contribution in [0, 0.1) is 6.92 Å². The number of thiazole rings is 1. The second kappa shape index (κ2) is 8.86. The van der Waals surface area contributed by atoms with Gasteiger partial charge in [-0.1, -0.05) is 30.1 Å². The largest absolute Gasteiger partial charge is 0.487 e. The molecule has 2 heterocycles. The summed E-state index contributed by atoms with van der Waals surface area (Å²) in [7, 11) is 0. The maximum Gasteiger partial charge on any atom is 0.250 e. The maximum atomic E-state index is 6.36. The summed E-state index contributed by atoms with van der Waals surface area (Å²) in [6.45, 7) is 2.47.